The molecule has 1 aliphatic rings. The summed E-state index contributed by atoms with van der Waals surface area (Å²) < 4.78 is 1.30. The molecule has 0 bridgehead atoms. The fourth-order valence-electron chi connectivity index (χ4n) is 1.31. The van der Waals surface area contributed by atoms with Crippen molar-refractivity contribution in [3.63, 3.8) is 0 Å². The second-order valence-electron chi connectivity index (χ2n) is 3.72. The molecule has 0 fully saturated rings. The summed E-state index contributed by atoms with van der Waals surface area (Å²) in [6.45, 7) is 10.3. The van der Waals surface area contributed by atoms with Gasteiger partial charge in [-0.2, -0.15) is 0 Å². The number of halogens is 1. The van der Waals surface area contributed by atoms with E-state index in [1.54, 1.807) is 0 Å². The van der Waals surface area contributed by atoms with Gasteiger partial charge in [0.2, 0.25) is 0 Å². The van der Waals surface area contributed by atoms with Gasteiger partial charge in [-0.25, -0.2) is 0 Å². The molecule has 0 aromatic heterocycles. The third kappa shape index (κ3) is 3.45. The van der Waals surface area contributed by atoms with E-state index in [-0.39, 0.29) is 0 Å². The van der Waals surface area contributed by atoms with Crippen molar-refractivity contribution < 1.29 is 0 Å². The molecule has 0 spiro atoms. The minimum atomic E-state index is 0.923. The lowest BCUT2D eigenvalue weighted by molar-refractivity contribution is 1.38. The number of hydrogen-bond acceptors (Lipinski definition) is 1. The van der Waals surface area contributed by atoms with Crippen molar-refractivity contribution >= 4 is 28.3 Å². The van der Waals surface area contributed by atoms with E-state index in [0.29, 0.717) is 0 Å². The summed E-state index contributed by atoms with van der Waals surface area (Å²) in [5.74, 6) is 0. The summed E-state index contributed by atoms with van der Waals surface area (Å²) in [5, 5.41) is 0. The standard InChI is InChI=1S/C13H16IN/c1-9(2)12(8-10(3)11(4)14)13-6-5-7-15-13/h5,7-8H,1,6H2,2-4H3/b11-10+,12-8+. The van der Waals surface area contributed by atoms with Gasteiger partial charge in [0.15, 0.2) is 0 Å². The van der Waals surface area contributed by atoms with Crippen LogP contribution in [0.2, 0.25) is 0 Å². The fourth-order valence-corrected chi connectivity index (χ4v) is 1.46. The first-order valence-corrected chi connectivity index (χ1v) is 6.03. The molecule has 0 aromatic rings. The van der Waals surface area contributed by atoms with Crippen LogP contribution in [0, 0.1) is 0 Å². The van der Waals surface area contributed by atoms with Crippen molar-refractivity contribution in [3.8, 4) is 0 Å². The van der Waals surface area contributed by atoms with Gasteiger partial charge in [-0.3, -0.25) is 4.99 Å². The summed E-state index contributed by atoms with van der Waals surface area (Å²) >= 11 is 2.34. The summed E-state index contributed by atoms with van der Waals surface area (Å²) in [4.78, 5) is 4.35. The monoisotopic (exact) mass is 313 g/mol. The molecule has 0 radical (unpaired) electrons. The van der Waals surface area contributed by atoms with Gasteiger partial charge < -0.3 is 0 Å². The van der Waals surface area contributed by atoms with Crippen LogP contribution in [-0.4, -0.2) is 5.71 Å². The summed E-state index contributed by atoms with van der Waals surface area (Å²) in [5.41, 5.74) is 4.66. The van der Waals surface area contributed by atoms with Crippen LogP contribution in [0.5, 0.6) is 0 Å². The van der Waals surface area contributed by atoms with E-state index in [2.05, 4.69) is 60.2 Å². The van der Waals surface area contributed by atoms with Crippen molar-refractivity contribution in [2.24, 2.45) is 4.99 Å². The second kappa shape index (κ2) is 5.45. The Hall–Kier alpha value is -0.640. The zero-order chi connectivity index (χ0) is 11.4. The molecular formula is C13H16IN. The van der Waals surface area contributed by atoms with Crippen LogP contribution in [0.3, 0.4) is 0 Å². The largest absolute Gasteiger partial charge is 0.261 e. The lowest BCUT2D eigenvalue weighted by atomic mass is 9.99. The Morgan fingerprint density at radius 1 is 1.47 bits per heavy atom. The zero-order valence-corrected chi connectivity index (χ0v) is 11.6. The Balaban J connectivity index is 3.04. The molecule has 0 saturated carbocycles. The molecule has 1 nitrogen and oxygen atoms in total. The number of aliphatic imine (C=N–C) groups is 1. The van der Waals surface area contributed by atoms with Crippen molar-refractivity contribution in [1.29, 1.82) is 0 Å². The molecule has 1 rings (SSSR count). The number of nitrogens with zero attached hydrogens (tertiary/aromatic N) is 1. The van der Waals surface area contributed by atoms with Crippen LogP contribution in [0.25, 0.3) is 0 Å². The average Bonchev–Trinajstić information content (AvgIpc) is 2.65. The predicted molar refractivity (Wildman–Crippen MR) is 76.5 cm³/mol. The van der Waals surface area contributed by atoms with E-state index in [9.17, 15) is 0 Å². The maximum atomic E-state index is 4.35. The Morgan fingerprint density at radius 2 is 2.13 bits per heavy atom. The van der Waals surface area contributed by atoms with E-state index < -0.39 is 0 Å². The highest BCUT2D eigenvalue weighted by molar-refractivity contribution is 14.1. The first-order chi connectivity index (χ1) is 7.02. The Kier molecular flexibility index (Phi) is 4.51. The van der Waals surface area contributed by atoms with Gasteiger partial charge >= 0.3 is 0 Å². The minimum Gasteiger partial charge on any atom is -0.261 e. The van der Waals surface area contributed by atoms with E-state index in [4.69, 9.17) is 0 Å². The lowest BCUT2D eigenvalue weighted by Crippen LogP contribution is -2.00. The molecule has 1 aliphatic heterocycles. The van der Waals surface area contributed by atoms with E-state index in [1.165, 1.54) is 14.7 Å². The first-order valence-electron chi connectivity index (χ1n) is 4.95. The zero-order valence-electron chi connectivity index (χ0n) is 9.47. The molecule has 1 heterocycles. The molecular weight excluding hydrogens is 297 g/mol. The smallest absolute Gasteiger partial charge is 0.0516 e. The van der Waals surface area contributed by atoms with Crippen LogP contribution in [-0.2, 0) is 0 Å². The lowest BCUT2D eigenvalue weighted by Gasteiger charge is -2.07. The van der Waals surface area contributed by atoms with Gasteiger partial charge in [-0.1, -0.05) is 12.7 Å². The molecule has 0 N–H and O–H groups in total. The second-order valence-corrected chi connectivity index (χ2v) is 5.34. The minimum absolute atomic E-state index is 0.923. The Bertz CT molecular complexity index is 391. The van der Waals surface area contributed by atoms with Crippen LogP contribution in [0.1, 0.15) is 27.2 Å². The van der Waals surface area contributed by atoms with Crippen molar-refractivity contribution in [3.05, 3.63) is 45.2 Å². The molecule has 0 saturated heterocycles. The van der Waals surface area contributed by atoms with Crippen molar-refractivity contribution in [2.45, 2.75) is 27.2 Å². The maximum absolute atomic E-state index is 4.35. The van der Waals surface area contributed by atoms with Gasteiger partial charge in [0.25, 0.3) is 0 Å². The van der Waals surface area contributed by atoms with Crippen LogP contribution < -0.4 is 0 Å². The summed E-state index contributed by atoms with van der Waals surface area (Å²) in [7, 11) is 0. The van der Waals surface area contributed by atoms with Crippen molar-refractivity contribution in [1.82, 2.24) is 0 Å². The van der Waals surface area contributed by atoms with Gasteiger partial charge in [0.1, 0.15) is 0 Å². The number of allylic oxidation sites excluding steroid dienone is 6. The Labute approximate surface area is 106 Å². The number of rotatable bonds is 3. The highest BCUT2D eigenvalue weighted by Crippen LogP contribution is 2.21. The summed E-state index contributed by atoms with van der Waals surface area (Å²) in [6.07, 6.45) is 7.03. The average molecular weight is 313 g/mol. The van der Waals surface area contributed by atoms with Gasteiger partial charge in [-0.05, 0) is 69.7 Å². The highest BCUT2D eigenvalue weighted by Gasteiger charge is 2.09. The number of hydrogen-bond donors (Lipinski definition) is 0. The van der Waals surface area contributed by atoms with Gasteiger partial charge in [0.05, 0.1) is 5.71 Å². The molecule has 0 unspecified atom stereocenters. The molecule has 0 aromatic carbocycles. The van der Waals surface area contributed by atoms with E-state index in [1.807, 2.05) is 13.1 Å². The van der Waals surface area contributed by atoms with E-state index >= 15 is 0 Å². The molecule has 15 heavy (non-hydrogen) atoms. The fraction of sp³-hybridized carbons (Fsp3) is 0.308. The molecule has 2 heteroatoms. The van der Waals surface area contributed by atoms with Crippen molar-refractivity contribution in [2.75, 3.05) is 0 Å². The maximum Gasteiger partial charge on any atom is 0.0516 e. The predicted octanol–water partition coefficient (Wildman–Crippen LogP) is 4.58. The normalized spacial score (nSPS) is 17.6. The molecule has 0 aliphatic carbocycles. The van der Waals surface area contributed by atoms with E-state index in [0.717, 1.165) is 17.7 Å². The third-order valence-electron chi connectivity index (χ3n) is 2.32. The topological polar surface area (TPSA) is 12.4 Å². The van der Waals surface area contributed by atoms with Crippen LogP contribution >= 0.6 is 22.6 Å². The van der Waals surface area contributed by atoms with Gasteiger partial charge in [0, 0.05) is 12.6 Å². The quantitative estimate of drug-likeness (QED) is 0.534. The van der Waals surface area contributed by atoms with Gasteiger partial charge in [-0.15, -0.1) is 0 Å². The first kappa shape index (κ1) is 12.4. The summed E-state index contributed by atoms with van der Waals surface area (Å²) in [6, 6.07) is 0. The SMILES string of the molecule is C=C(C)/C(=C\C(C)=C(/C)I)C1=NC=CC1. The highest BCUT2D eigenvalue weighted by atomic mass is 127. The third-order valence-corrected chi connectivity index (χ3v) is 3.17. The van der Waals surface area contributed by atoms with Crippen LogP contribution in [0.15, 0.2) is 50.2 Å². The van der Waals surface area contributed by atoms with Crippen LogP contribution in [0.4, 0.5) is 0 Å². The molecule has 80 valence electrons. The molecule has 0 amide bonds. The Morgan fingerprint density at radius 3 is 2.53 bits per heavy atom. The molecule has 0 atom stereocenters.